The van der Waals surface area contributed by atoms with Gasteiger partial charge in [0.1, 0.15) is 11.3 Å². The van der Waals surface area contributed by atoms with Crippen molar-refractivity contribution in [3.05, 3.63) is 176 Å². The molecule has 1 heterocycles. The fourth-order valence-electron chi connectivity index (χ4n) is 6.74. The summed E-state index contributed by atoms with van der Waals surface area (Å²) < 4.78 is 6.17. The highest BCUT2D eigenvalue weighted by Gasteiger charge is 2.18. The Bertz CT molecular complexity index is 2430. The van der Waals surface area contributed by atoms with E-state index in [-0.39, 0.29) is 0 Å². The summed E-state index contributed by atoms with van der Waals surface area (Å²) in [4.78, 5) is 2.41. The van der Waals surface area contributed by atoms with Crippen molar-refractivity contribution >= 4 is 60.3 Å². The number of hydrogen-bond donors (Lipinski definition) is 0. The predicted molar refractivity (Wildman–Crippen MR) is 194 cm³/mol. The highest BCUT2D eigenvalue weighted by Crippen LogP contribution is 2.43. The predicted octanol–water partition coefficient (Wildman–Crippen LogP) is 12.7. The number of furan rings is 1. The Hall–Kier alpha value is -6.12. The Balaban J connectivity index is 1.16. The maximum absolute atomic E-state index is 6.17. The molecular weight excluding hydrogens is 558 g/mol. The first-order valence-corrected chi connectivity index (χ1v) is 15.7. The van der Waals surface area contributed by atoms with E-state index < -0.39 is 0 Å². The molecule has 9 aromatic rings. The highest BCUT2D eigenvalue weighted by molar-refractivity contribution is 6.05. The number of para-hydroxylation sites is 1. The van der Waals surface area contributed by atoms with Gasteiger partial charge in [0.15, 0.2) is 0 Å². The van der Waals surface area contributed by atoms with Gasteiger partial charge in [-0.15, -0.1) is 0 Å². The third-order valence-corrected chi connectivity index (χ3v) is 9.00. The summed E-state index contributed by atoms with van der Waals surface area (Å²) >= 11 is 0. The number of hydrogen-bond acceptors (Lipinski definition) is 2. The Morgan fingerprint density at radius 1 is 0.348 bits per heavy atom. The molecule has 2 heteroatoms. The number of nitrogens with zero attached hydrogens (tertiary/aromatic N) is 1. The van der Waals surface area contributed by atoms with Gasteiger partial charge in [-0.1, -0.05) is 127 Å². The van der Waals surface area contributed by atoms with Crippen molar-refractivity contribution in [2.75, 3.05) is 4.90 Å². The van der Waals surface area contributed by atoms with Crippen LogP contribution in [0.4, 0.5) is 17.1 Å². The molecule has 0 fully saturated rings. The molecule has 9 rings (SSSR count). The maximum Gasteiger partial charge on any atom is 0.135 e. The SMILES string of the molecule is c1cc(-c2ccc3cc(N(c4cccc5ccccc45)c4cccc5ccccc45)ccc3c2)cc(-c2cc3ccccc3o2)c1. The van der Waals surface area contributed by atoms with Gasteiger partial charge >= 0.3 is 0 Å². The fourth-order valence-corrected chi connectivity index (χ4v) is 6.74. The second-order valence-corrected chi connectivity index (χ2v) is 11.8. The van der Waals surface area contributed by atoms with Crippen molar-refractivity contribution in [3.8, 4) is 22.5 Å². The summed E-state index contributed by atoms with van der Waals surface area (Å²) in [5.74, 6) is 0.885. The van der Waals surface area contributed by atoms with Gasteiger partial charge in [-0.05, 0) is 81.2 Å². The zero-order valence-electron chi connectivity index (χ0n) is 25.1. The molecule has 46 heavy (non-hydrogen) atoms. The molecule has 8 aromatic carbocycles. The molecule has 0 unspecified atom stereocenters. The van der Waals surface area contributed by atoms with Crippen LogP contribution in [0.3, 0.4) is 0 Å². The minimum Gasteiger partial charge on any atom is -0.456 e. The number of anilines is 3. The molecule has 0 radical (unpaired) electrons. The van der Waals surface area contributed by atoms with E-state index in [1.165, 1.54) is 37.9 Å². The van der Waals surface area contributed by atoms with Crippen molar-refractivity contribution in [2.45, 2.75) is 0 Å². The Labute approximate surface area is 267 Å². The van der Waals surface area contributed by atoms with Crippen LogP contribution >= 0.6 is 0 Å². The standard InChI is InChI=1S/C44H29NO/c1-4-17-39-30(10-1)13-8-19-41(39)45(42-20-9-14-31-11-2-5-18-40(31)42)38-25-24-34-26-33(22-23-35(34)28-38)32-15-7-16-36(27-32)44-29-37-12-3-6-21-43(37)46-44/h1-29H. The minimum atomic E-state index is 0.885. The first kappa shape index (κ1) is 26.3. The molecule has 0 aliphatic heterocycles. The Kier molecular flexibility index (Phi) is 6.17. The van der Waals surface area contributed by atoms with Crippen LogP contribution in [0, 0.1) is 0 Å². The molecular formula is C44H29NO. The Morgan fingerprint density at radius 3 is 1.65 bits per heavy atom. The summed E-state index contributed by atoms with van der Waals surface area (Å²) in [5.41, 5.74) is 7.77. The van der Waals surface area contributed by atoms with Crippen LogP contribution in [-0.4, -0.2) is 0 Å². The molecule has 2 nitrogen and oxygen atoms in total. The van der Waals surface area contributed by atoms with E-state index in [2.05, 4.69) is 163 Å². The van der Waals surface area contributed by atoms with Gasteiger partial charge in [-0.2, -0.15) is 0 Å². The molecule has 0 amide bonds. The number of fused-ring (bicyclic) bond motifs is 4. The van der Waals surface area contributed by atoms with E-state index in [9.17, 15) is 0 Å². The van der Waals surface area contributed by atoms with Gasteiger partial charge < -0.3 is 9.32 Å². The first-order chi connectivity index (χ1) is 22.8. The lowest BCUT2D eigenvalue weighted by molar-refractivity contribution is 0.631. The molecule has 0 saturated carbocycles. The monoisotopic (exact) mass is 587 g/mol. The van der Waals surface area contributed by atoms with Crippen molar-refractivity contribution in [3.63, 3.8) is 0 Å². The van der Waals surface area contributed by atoms with Gasteiger partial charge in [-0.25, -0.2) is 0 Å². The quantitative estimate of drug-likeness (QED) is 0.199. The lowest BCUT2D eigenvalue weighted by atomic mass is 9.98. The second-order valence-electron chi connectivity index (χ2n) is 11.8. The zero-order valence-corrected chi connectivity index (χ0v) is 25.1. The van der Waals surface area contributed by atoms with Gasteiger partial charge in [0.05, 0.1) is 11.4 Å². The third-order valence-electron chi connectivity index (χ3n) is 9.00. The molecule has 0 N–H and O–H groups in total. The van der Waals surface area contributed by atoms with Gasteiger partial charge in [-0.3, -0.25) is 0 Å². The largest absolute Gasteiger partial charge is 0.456 e. The van der Waals surface area contributed by atoms with E-state index >= 15 is 0 Å². The molecule has 0 aliphatic carbocycles. The smallest absolute Gasteiger partial charge is 0.135 e. The fraction of sp³-hybridized carbons (Fsp3) is 0. The highest BCUT2D eigenvalue weighted by atomic mass is 16.3. The maximum atomic E-state index is 6.17. The Morgan fingerprint density at radius 2 is 0.913 bits per heavy atom. The zero-order chi connectivity index (χ0) is 30.5. The summed E-state index contributed by atoms with van der Waals surface area (Å²) in [6, 6.07) is 62.9. The van der Waals surface area contributed by atoms with Crippen LogP contribution in [-0.2, 0) is 0 Å². The summed E-state index contributed by atoms with van der Waals surface area (Å²) in [5, 5.41) is 8.40. The third kappa shape index (κ3) is 4.51. The minimum absolute atomic E-state index is 0.885. The second kappa shape index (κ2) is 10.8. The summed E-state index contributed by atoms with van der Waals surface area (Å²) in [6.45, 7) is 0. The van der Waals surface area contributed by atoms with Crippen LogP contribution in [0.25, 0.3) is 65.7 Å². The summed E-state index contributed by atoms with van der Waals surface area (Å²) in [6.07, 6.45) is 0. The number of rotatable bonds is 5. The normalized spacial score (nSPS) is 11.5. The molecule has 0 bridgehead atoms. The molecule has 1 aromatic heterocycles. The first-order valence-electron chi connectivity index (χ1n) is 15.7. The van der Waals surface area contributed by atoms with Crippen molar-refractivity contribution in [1.29, 1.82) is 0 Å². The lowest BCUT2D eigenvalue weighted by Gasteiger charge is -2.28. The molecule has 0 aliphatic rings. The van der Waals surface area contributed by atoms with Crippen molar-refractivity contribution < 1.29 is 4.42 Å². The van der Waals surface area contributed by atoms with E-state index in [1.54, 1.807) is 0 Å². The summed E-state index contributed by atoms with van der Waals surface area (Å²) in [7, 11) is 0. The van der Waals surface area contributed by atoms with Crippen LogP contribution < -0.4 is 4.90 Å². The van der Waals surface area contributed by atoms with Gasteiger partial charge in [0.2, 0.25) is 0 Å². The lowest BCUT2D eigenvalue weighted by Crippen LogP contribution is -2.11. The van der Waals surface area contributed by atoms with E-state index in [4.69, 9.17) is 4.42 Å². The average molecular weight is 588 g/mol. The van der Waals surface area contributed by atoms with Crippen LogP contribution in [0.15, 0.2) is 180 Å². The molecule has 216 valence electrons. The molecule has 0 spiro atoms. The van der Waals surface area contributed by atoms with Gasteiger partial charge in [0.25, 0.3) is 0 Å². The van der Waals surface area contributed by atoms with Gasteiger partial charge in [0, 0.05) is 27.4 Å². The van der Waals surface area contributed by atoms with Crippen LogP contribution in [0.5, 0.6) is 0 Å². The van der Waals surface area contributed by atoms with Crippen LogP contribution in [0.2, 0.25) is 0 Å². The van der Waals surface area contributed by atoms with Crippen molar-refractivity contribution in [2.24, 2.45) is 0 Å². The van der Waals surface area contributed by atoms with Crippen molar-refractivity contribution in [1.82, 2.24) is 0 Å². The van der Waals surface area contributed by atoms with E-state index in [0.717, 1.165) is 44.9 Å². The topological polar surface area (TPSA) is 16.4 Å². The van der Waals surface area contributed by atoms with E-state index in [1.807, 2.05) is 18.2 Å². The average Bonchev–Trinajstić information content (AvgIpc) is 3.57. The number of benzene rings is 8. The van der Waals surface area contributed by atoms with E-state index in [0.29, 0.717) is 0 Å². The van der Waals surface area contributed by atoms with Crippen LogP contribution in [0.1, 0.15) is 0 Å². The molecule has 0 atom stereocenters. The molecule has 0 saturated heterocycles.